The van der Waals surface area contributed by atoms with Crippen LogP contribution in [0.4, 0.5) is 27.7 Å². The number of nitrogens with zero attached hydrogens (tertiary/aromatic N) is 4. The number of piperazine rings is 1. The van der Waals surface area contributed by atoms with Gasteiger partial charge in [0.25, 0.3) is 0 Å². The lowest BCUT2D eigenvalue weighted by atomic mass is 9.79. The van der Waals surface area contributed by atoms with Gasteiger partial charge in [-0.25, -0.2) is 9.37 Å². The maximum Gasteiger partial charge on any atom is 0.229 e. The lowest BCUT2D eigenvalue weighted by Gasteiger charge is -2.39. The van der Waals surface area contributed by atoms with Crippen molar-refractivity contribution in [1.29, 1.82) is 0 Å². The fourth-order valence-electron chi connectivity index (χ4n) is 5.27. The molecule has 1 aliphatic carbocycles. The molecule has 0 amide bonds. The number of aromatic amines is 1. The molecule has 0 unspecified atom stereocenters. The van der Waals surface area contributed by atoms with E-state index in [0.717, 1.165) is 55.8 Å². The van der Waals surface area contributed by atoms with Crippen molar-refractivity contribution in [3.05, 3.63) is 52.1 Å². The summed E-state index contributed by atoms with van der Waals surface area (Å²) in [4.78, 5) is 11.3. The molecule has 1 saturated heterocycles. The molecule has 2 aliphatic rings. The summed E-state index contributed by atoms with van der Waals surface area (Å²) in [7, 11) is 0. The normalized spacial score (nSPS) is 21.1. The minimum atomic E-state index is -0.300. The Kier molecular flexibility index (Phi) is 7.17. The number of H-pyrrole nitrogens is 1. The van der Waals surface area contributed by atoms with Crippen LogP contribution in [0.3, 0.4) is 0 Å². The zero-order valence-electron chi connectivity index (χ0n) is 20.2. The monoisotopic (exact) mass is 498 g/mol. The van der Waals surface area contributed by atoms with Gasteiger partial charge in [-0.1, -0.05) is 11.6 Å². The maximum absolute atomic E-state index is 15.2. The topological polar surface area (TPSA) is 93.8 Å². The predicted octanol–water partition coefficient (Wildman–Crippen LogP) is 5.03. The van der Waals surface area contributed by atoms with Gasteiger partial charge < -0.3 is 16.0 Å². The molecule has 3 heterocycles. The quantitative estimate of drug-likeness (QED) is 0.379. The van der Waals surface area contributed by atoms with E-state index in [1.165, 1.54) is 19.0 Å². The van der Waals surface area contributed by atoms with Gasteiger partial charge >= 0.3 is 0 Å². The third-order valence-electron chi connectivity index (χ3n) is 7.10. The van der Waals surface area contributed by atoms with Crippen molar-refractivity contribution < 1.29 is 4.39 Å². The molecule has 1 aliphatic heterocycles. The van der Waals surface area contributed by atoms with Crippen molar-refractivity contribution in [3.8, 4) is 0 Å². The van der Waals surface area contributed by atoms with E-state index in [4.69, 9.17) is 11.6 Å². The van der Waals surface area contributed by atoms with Crippen LogP contribution >= 0.6 is 11.6 Å². The Labute approximate surface area is 210 Å². The van der Waals surface area contributed by atoms with Gasteiger partial charge in [-0.05, 0) is 68.7 Å². The number of hydrogen-bond acceptors (Lipinski definition) is 7. The second kappa shape index (κ2) is 10.5. The molecule has 10 heteroatoms. The minimum absolute atomic E-state index is 0.256. The lowest BCUT2D eigenvalue weighted by molar-refractivity contribution is 0.133. The van der Waals surface area contributed by atoms with Gasteiger partial charge in [-0.15, -0.1) is 0 Å². The summed E-state index contributed by atoms with van der Waals surface area (Å²) in [5, 5.41) is 16.8. The molecule has 0 spiro atoms. The standard InChI is InChI=1S/C25H32ClFN8/c1-15-11-22(30-25-29-14-20(26)24(32-25)31-23-12-16(2)33-34-23)21(27)13-19(15)17-3-5-18(6-4-17)35-9-7-28-8-10-35/h11-14,17-18,28H,3-10H2,1-2H3,(H3,29,30,31,32,33,34). The van der Waals surface area contributed by atoms with Crippen LogP contribution in [0.2, 0.25) is 5.02 Å². The molecule has 35 heavy (non-hydrogen) atoms. The van der Waals surface area contributed by atoms with Crippen molar-refractivity contribution in [2.45, 2.75) is 51.5 Å². The Hall–Kier alpha value is -2.75. The van der Waals surface area contributed by atoms with Crippen LogP contribution in [0.1, 0.15) is 48.4 Å². The number of rotatable bonds is 6. The number of benzene rings is 1. The van der Waals surface area contributed by atoms with Crippen molar-refractivity contribution in [1.82, 2.24) is 30.4 Å². The summed E-state index contributed by atoms with van der Waals surface area (Å²) in [6, 6.07) is 6.05. The highest BCUT2D eigenvalue weighted by atomic mass is 35.5. The van der Waals surface area contributed by atoms with Crippen molar-refractivity contribution in [2.24, 2.45) is 0 Å². The fraction of sp³-hybridized carbons (Fsp3) is 0.480. The summed E-state index contributed by atoms with van der Waals surface area (Å²) < 4.78 is 15.2. The zero-order valence-corrected chi connectivity index (χ0v) is 20.9. The number of halogens is 2. The Bertz CT molecular complexity index is 1170. The van der Waals surface area contributed by atoms with E-state index in [0.29, 0.717) is 34.3 Å². The maximum atomic E-state index is 15.2. The molecule has 0 radical (unpaired) electrons. The Morgan fingerprint density at radius 2 is 1.83 bits per heavy atom. The number of nitrogens with one attached hydrogen (secondary N) is 4. The third kappa shape index (κ3) is 5.58. The minimum Gasteiger partial charge on any atom is -0.322 e. The van der Waals surface area contributed by atoms with Gasteiger partial charge in [0, 0.05) is 44.0 Å². The highest BCUT2D eigenvalue weighted by Gasteiger charge is 2.28. The number of anilines is 4. The van der Waals surface area contributed by atoms with Gasteiger partial charge in [0.15, 0.2) is 11.6 Å². The molecule has 2 fully saturated rings. The van der Waals surface area contributed by atoms with E-state index in [1.807, 2.05) is 19.1 Å². The van der Waals surface area contributed by atoms with Gasteiger partial charge in [0.2, 0.25) is 5.95 Å². The van der Waals surface area contributed by atoms with Crippen LogP contribution in [0.15, 0.2) is 24.4 Å². The van der Waals surface area contributed by atoms with E-state index in [9.17, 15) is 0 Å². The highest BCUT2D eigenvalue weighted by Crippen LogP contribution is 2.38. The van der Waals surface area contributed by atoms with E-state index < -0.39 is 0 Å². The first-order valence-electron chi connectivity index (χ1n) is 12.3. The summed E-state index contributed by atoms with van der Waals surface area (Å²) in [5.74, 6) is 1.34. The molecule has 0 atom stereocenters. The smallest absolute Gasteiger partial charge is 0.229 e. The highest BCUT2D eigenvalue weighted by molar-refractivity contribution is 6.32. The van der Waals surface area contributed by atoms with Crippen molar-refractivity contribution in [2.75, 3.05) is 36.8 Å². The Morgan fingerprint density at radius 1 is 1.06 bits per heavy atom. The predicted molar refractivity (Wildman–Crippen MR) is 138 cm³/mol. The average Bonchev–Trinajstić information content (AvgIpc) is 3.28. The van der Waals surface area contributed by atoms with Crippen molar-refractivity contribution >= 4 is 34.9 Å². The molecule has 1 aromatic carbocycles. The Morgan fingerprint density at radius 3 is 2.54 bits per heavy atom. The SMILES string of the molecule is Cc1cc(Nc2nc(Nc3cc(C)c(C4CCC(N5CCNCC5)CC4)cc3F)ncc2Cl)n[nH]1. The summed E-state index contributed by atoms with van der Waals surface area (Å²) >= 11 is 6.25. The van der Waals surface area contributed by atoms with Gasteiger partial charge in [-0.3, -0.25) is 10.00 Å². The molecule has 8 nitrogen and oxygen atoms in total. The molecule has 4 N–H and O–H groups in total. The van der Waals surface area contributed by atoms with Crippen LogP contribution in [-0.4, -0.2) is 57.3 Å². The second-order valence-electron chi connectivity index (χ2n) is 9.56. The van der Waals surface area contributed by atoms with Gasteiger partial charge in [-0.2, -0.15) is 10.1 Å². The molecular weight excluding hydrogens is 467 g/mol. The number of aromatic nitrogens is 4. The first-order chi connectivity index (χ1) is 17.0. The van der Waals surface area contributed by atoms with Crippen LogP contribution in [0.25, 0.3) is 0 Å². The molecular formula is C25H32ClFN8. The van der Waals surface area contributed by atoms with E-state index in [1.54, 1.807) is 6.07 Å². The first-order valence-corrected chi connectivity index (χ1v) is 12.7. The summed E-state index contributed by atoms with van der Waals surface area (Å²) in [6.07, 6.45) is 6.03. The van der Waals surface area contributed by atoms with Crippen LogP contribution in [0, 0.1) is 19.7 Å². The van der Waals surface area contributed by atoms with Crippen LogP contribution < -0.4 is 16.0 Å². The first kappa shape index (κ1) is 24.0. The third-order valence-corrected chi connectivity index (χ3v) is 7.38. The molecule has 186 valence electrons. The van der Waals surface area contributed by atoms with E-state index >= 15 is 4.39 Å². The average molecular weight is 499 g/mol. The fourth-order valence-corrected chi connectivity index (χ4v) is 5.41. The van der Waals surface area contributed by atoms with Gasteiger partial charge in [0.1, 0.15) is 10.8 Å². The molecule has 0 bridgehead atoms. The largest absolute Gasteiger partial charge is 0.322 e. The zero-order chi connectivity index (χ0) is 24.4. The molecule has 5 rings (SSSR count). The second-order valence-corrected chi connectivity index (χ2v) is 9.96. The van der Waals surface area contributed by atoms with E-state index in [2.05, 4.69) is 47.9 Å². The van der Waals surface area contributed by atoms with Crippen LogP contribution in [0.5, 0.6) is 0 Å². The molecule has 2 aromatic heterocycles. The molecule has 1 saturated carbocycles. The Balaban J connectivity index is 1.26. The number of aryl methyl sites for hydroxylation is 2. The molecule has 3 aromatic rings. The van der Waals surface area contributed by atoms with Crippen molar-refractivity contribution in [3.63, 3.8) is 0 Å². The van der Waals surface area contributed by atoms with E-state index in [-0.39, 0.29) is 11.8 Å². The summed E-state index contributed by atoms with van der Waals surface area (Å²) in [6.45, 7) is 8.38. The van der Waals surface area contributed by atoms with Crippen LogP contribution in [-0.2, 0) is 0 Å². The number of hydrogen-bond donors (Lipinski definition) is 4. The lowest BCUT2D eigenvalue weighted by Crippen LogP contribution is -2.49. The summed E-state index contributed by atoms with van der Waals surface area (Å²) in [5.41, 5.74) is 3.45. The van der Waals surface area contributed by atoms with Gasteiger partial charge in [0.05, 0.1) is 11.9 Å².